The molecular weight excluding hydrogens is 342 g/mol. The number of aryl methyl sites for hydroxylation is 1. The normalized spacial score (nSPS) is 19.9. The summed E-state index contributed by atoms with van der Waals surface area (Å²) in [5, 5.41) is 0. The van der Waals surface area contributed by atoms with Crippen molar-refractivity contribution in [2.75, 3.05) is 19.6 Å². The van der Waals surface area contributed by atoms with Crippen molar-refractivity contribution in [1.82, 2.24) is 14.8 Å². The lowest BCUT2D eigenvalue weighted by atomic mass is 10.0. The SMILES string of the molecule is Cc1cccc(OC2CN(C(=O)C3CC(=O)N(Cc4ccccn4)C3)C2)c1. The maximum absolute atomic E-state index is 12.7. The Hall–Kier alpha value is -2.89. The second-order valence-electron chi connectivity index (χ2n) is 7.30. The quantitative estimate of drug-likeness (QED) is 0.813. The van der Waals surface area contributed by atoms with E-state index in [0.29, 0.717) is 26.2 Å². The molecule has 140 valence electrons. The highest BCUT2D eigenvalue weighted by Crippen LogP contribution is 2.25. The molecule has 2 aliphatic rings. The third-order valence-corrected chi connectivity index (χ3v) is 5.09. The largest absolute Gasteiger partial charge is 0.487 e. The summed E-state index contributed by atoms with van der Waals surface area (Å²) < 4.78 is 5.92. The van der Waals surface area contributed by atoms with Crippen LogP contribution in [-0.2, 0) is 16.1 Å². The van der Waals surface area contributed by atoms with E-state index in [4.69, 9.17) is 4.74 Å². The molecule has 0 radical (unpaired) electrons. The Morgan fingerprint density at radius 3 is 2.78 bits per heavy atom. The van der Waals surface area contributed by atoms with Crippen LogP contribution in [0.1, 0.15) is 17.7 Å². The van der Waals surface area contributed by atoms with E-state index in [2.05, 4.69) is 4.98 Å². The molecule has 2 fully saturated rings. The summed E-state index contributed by atoms with van der Waals surface area (Å²) in [5.74, 6) is 0.647. The maximum Gasteiger partial charge on any atom is 0.228 e. The van der Waals surface area contributed by atoms with Crippen LogP contribution in [0.5, 0.6) is 5.75 Å². The molecule has 6 heteroatoms. The molecule has 0 saturated carbocycles. The molecule has 6 nitrogen and oxygen atoms in total. The molecule has 1 unspecified atom stereocenters. The highest BCUT2D eigenvalue weighted by atomic mass is 16.5. The van der Waals surface area contributed by atoms with Gasteiger partial charge in [0.25, 0.3) is 0 Å². The number of ether oxygens (including phenoxy) is 1. The van der Waals surface area contributed by atoms with Crippen molar-refractivity contribution in [3.05, 3.63) is 59.9 Å². The molecule has 1 aromatic heterocycles. The number of hydrogen-bond acceptors (Lipinski definition) is 4. The first kappa shape index (κ1) is 17.5. The standard InChI is InChI=1S/C21H23N3O3/c1-15-5-4-7-18(9-15)27-19-13-24(14-19)21(26)16-10-20(25)23(11-16)12-17-6-2-3-8-22-17/h2-9,16,19H,10-14H2,1H3. The van der Waals surface area contributed by atoms with E-state index in [1.165, 1.54) is 0 Å². The first-order chi connectivity index (χ1) is 13.1. The Kier molecular flexibility index (Phi) is 4.79. The lowest BCUT2D eigenvalue weighted by Crippen LogP contribution is -2.57. The average Bonchev–Trinajstić information content (AvgIpc) is 2.99. The summed E-state index contributed by atoms with van der Waals surface area (Å²) in [7, 11) is 0. The third kappa shape index (κ3) is 3.94. The molecule has 27 heavy (non-hydrogen) atoms. The van der Waals surface area contributed by atoms with Gasteiger partial charge in [0.15, 0.2) is 0 Å². The molecule has 1 aromatic carbocycles. The fourth-order valence-corrected chi connectivity index (χ4v) is 3.61. The summed E-state index contributed by atoms with van der Waals surface area (Å²) >= 11 is 0. The van der Waals surface area contributed by atoms with Gasteiger partial charge in [-0.1, -0.05) is 18.2 Å². The Bertz CT molecular complexity index is 834. The van der Waals surface area contributed by atoms with Crippen LogP contribution < -0.4 is 4.74 Å². The van der Waals surface area contributed by atoms with Crippen molar-refractivity contribution in [2.24, 2.45) is 5.92 Å². The van der Waals surface area contributed by atoms with Crippen LogP contribution in [0.3, 0.4) is 0 Å². The number of carbonyl (C=O) groups is 2. The average molecular weight is 365 g/mol. The van der Waals surface area contributed by atoms with Gasteiger partial charge in [0, 0.05) is 19.2 Å². The van der Waals surface area contributed by atoms with E-state index in [-0.39, 0.29) is 30.3 Å². The number of rotatable bonds is 5. The Morgan fingerprint density at radius 2 is 2.04 bits per heavy atom. The maximum atomic E-state index is 12.7. The number of nitrogens with zero attached hydrogens (tertiary/aromatic N) is 3. The van der Waals surface area contributed by atoms with Gasteiger partial charge in [-0.2, -0.15) is 0 Å². The second kappa shape index (κ2) is 7.39. The highest BCUT2D eigenvalue weighted by Gasteiger charge is 2.41. The molecule has 0 spiro atoms. The minimum Gasteiger partial charge on any atom is -0.487 e. The monoisotopic (exact) mass is 365 g/mol. The highest BCUT2D eigenvalue weighted by molar-refractivity contribution is 5.89. The molecule has 1 atom stereocenters. The molecule has 0 aliphatic carbocycles. The van der Waals surface area contributed by atoms with Gasteiger partial charge < -0.3 is 14.5 Å². The van der Waals surface area contributed by atoms with Crippen molar-refractivity contribution in [3.63, 3.8) is 0 Å². The first-order valence-corrected chi connectivity index (χ1v) is 9.28. The first-order valence-electron chi connectivity index (χ1n) is 9.28. The van der Waals surface area contributed by atoms with Crippen LogP contribution in [0.15, 0.2) is 48.7 Å². The van der Waals surface area contributed by atoms with Gasteiger partial charge in [-0.05, 0) is 36.8 Å². The second-order valence-corrected chi connectivity index (χ2v) is 7.30. The molecule has 3 heterocycles. The predicted octanol–water partition coefficient (Wildman–Crippen LogP) is 2.03. The topological polar surface area (TPSA) is 62.7 Å². The van der Waals surface area contributed by atoms with Crippen LogP contribution in [0.4, 0.5) is 0 Å². The molecule has 2 amide bonds. The summed E-state index contributed by atoms with van der Waals surface area (Å²) in [4.78, 5) is 32.7. The minimum absolute atomic E-state index is 0.0205. The van der Waals surface area contributed by atoms with Crippen molar-refractivity contribution in [3.8, 4) is 5.75 Å². The lowest BCUT2D eigenvalue weighted by molar-refractivity contribution is -0.144. The fourth-order valence-electron chi connectivity index (χ4n) is 3.61. The van der Waals surface area contributed by atoms with E-state index in [9.17, 15) is 9.59 Å². The number of carbonyl (C=O) groups excluding carboxylic acids is 2. The van der Waals surface area contributed by atoms with Crippen LogP contribution in [-0.4, -0.2) is 52.3 Å². The summed E-state index contributed by atoms with van der Waals surface area (Å²) in [6.07, 6.45) is 2.02. The number of amides is 2. The van der Waals surface area contributed by atoms with Crippen LogP contribution >= 0.6 is 0 Å². The zero-order valence-corrected chi connectivity index (χ0v) is 15.4. The molecule has 0 N–H and O–H groups in total. The van der Waals surface area contributed by atoms with E-state index >= 15 is 0 Å². The third-order valence-electron chi connectivity index (χ3n) is 5.09. The van der Waals surface area contributed by atoms with Crippen LogP contribution in [0.2, 0.25) is 0 Å². The van der Waals surface area contributed by atoms with Gasteiger partial charge in [-0.3, -0.25) is 14.6 Å². The number of benzene rings is 1. The predicted molar refractivity (Wildman–Crippen MR) is 99.9 cm³/mol. The van der Waals surface area contributed by atoms with Crippen LogP contribution in [0, 0.1) is 12.8 Å². The van der Waals surface area contributed by atoms with Crippen molar-refractivity contribution in [1.29, 1.82) is 0 Å². The van der Waals surface area contributed by atoms with Crippen molar-refractivity contribution < 1.29 is 14.3 Å². The van der Waals surface area contributed by atoms with Gasteiger partial charge >= 0.3 is 0 Å². The Morgan fingerprint density at radius 1 is 1.19 bits per heavy atom. The molecular formula is C21H23N3O3. The lowest BCUT2D eigenvalue weighted by Gasteiger charge is -2.40. The van der Waals surface area contributed by atoms with Gasteiger partial charge in [-0.15, -0.1) is 0 Å². The van der Waals surface area contributed by atoms with Gasteiger partial charge in [-0.25, -0.2) is 0 Å². The number of likely N-dealkylation sites (tertiary alicyclic amines) is 2. The van der Waals surface area contributed by atoms with Gasteiger partial charge in [0.2, 0.25) is 11.8 Å². The minimum atomic E-state index is -0.263. The molecule has 2 saturated heterocycles. The van der Waals surface area contributed by atoms with Crippen molar-refractivity contribution >= 4 is 11.8 Å². The Balaban J connectivity index is 1.28. The molecule has 2 aliphatic heterocycles. The molecule has 2 aromatic rings. The molecule has 0 bridgehead atoms. The summed E-state index contributed by atoms with van der Waals surface area (Å²) in [6, 6.07) is 13.6. The van der Waals surface area contributed by atoms with E-state index < -0.39 is 0 Å². The van der Waals surface area contributed by atoms with Gasteiger partial charge in [0.1, 0.15) is 11.9 Å². The van der Waals surface area contributed by atoms with Crippen LogP contribution in [0.25, 0.3) is 0 Å². The van der Waals surface area contributed by atoms with E-state index in [0.717, 1.165) is 17.0 Å². The number of pyridine rings is 1. The number of aromatic nitrogens is 1. The van der Waals surface area contributed by atoms with E-state index in [1.807, 2.05) is 49.4 Å². The summed E-state index contributed by atoms with van der Waals surface area (Å²) in [6.45, 7) is 4.11. The zero-order chi connectivity index (χ0) is 18.8. The Labute approximate surface area is 158 Å². The zero-order valence-electron chi connectivity index (χ0n) is 15.4. The van der Waals surface area contributed by atoms with Crippen molar-refractivity contribution in [2.45, 2.75) is 26.0 Å². The number of hydrogen-bond donors (Lipinski definition) is 0. The fraction of sp³-hybridized carbons (Fsp3) is 0.381. The van der Waals surface area contributed by atoms with E-state index in [1.54, 1.807) is 16.0 Å². The smallest absolute Gasteiger partial charge is 0.228 e. The van der Waals surface area contributed by atoms with Gasteiger partial charge in [0.05, 0.1) is 31.2 Å². The molecule has 4 rings (SSSR count). The summed E-state index contributed by atoms with van der Waals surface area (Å²) in [5.41, 5.74) is 1.99.